The van der Waals surface area contributed by atoms with Gasteiger partial charge in [0, 0.05) is 24.6 Å². The molecule has 1 atom stereocenters. The maximum absolute atomic E-state index is 5.63. The molecular weight excluding hydrogens is 244 g/mol. The first-order chi connectivity index (χ1) is 8.41. The van der Waals surface area contributed by atoms with Gasteiger partial charge >= 0.3 is 0 Å². The van der Waals surface area contributed by atoms with Crippen molar-refractivity contribution in [2.24, 2.45) is 5.41 Å². The molecule has 1 saturated carbocycles. The Morgan fingerprint density at radius 2 is 2.11 bits per heavy atom. The highest BCUT2D eigenvalue weighted by Gasteiger charge is 2.29. The fraction of sp³-hybridized carbons (Fsp3) is 0.786. The van der Waals surface area contributed by atoms with Crippen LogP contribution in [0.15, 0.2) is 0 Å². The molecular formula is C14H24N2OS. The second-order valence-electron chi connectivity index (χ2n) is 6.20. The van der Waals surface area contributed by atoms with E-state index < -0.39 is 0 Å². The van der Waals surface area contributed by atoms with Gasteiger partial charge in [0.2, 0.25) is 0 Å². The first kappa shape index (κ1) is 14.0. The molecule has 0 aliphatic heterocycles. The summed E-state index contributed by atoms with van der Waals surface area (Å²) < 4.78 is 5.63. The van der Waals surface area contributed by atoms with Crippen LogP contribution in [0.5, 0.6) is 0 Å². The molecule has 0 radical (unpaired) electrons. The number of methoxy groups -OCH3 is 1. The van der Waals surface area contributed by atoms with E-state index in [1.54, 1.807) is 18.4 Å². The number of thiazole rings is 1. The molecule has 0 amide bonds. The Hall–Kier alpha value is -0.450. The molecule has 102 valence electrons. The zero-order valence-corrected chi connectivity index (χ0v) is 12.9. The lowest BCUT2D eigenvalue weighted by Gasteiger charge is -2.27. The highest BCUT2D eigenvalue weighted by Crippen LogP contribution is 2.38. The van der Waals surface area contributed by atoms with Crippen LogP contribution in [0.25, 0.3) is 0 Å². The molecule has 4 heteroatoms. The standard InChI is InChI=1S/C14H24N2OS/c1-9-11(8-15-10-6-7-10)18-13(16-9)12(17-5)14(2,3)4/h10,12,15H,6-8H2,1-5H3. The summed E-state index contributed by atoms with van der Waals surface area (Å²) in [5.41, 5.74) is 1.23. The summed E-state index contributed by atoms with van der Waals surface area (Å²) in [4.78, 5) is 6.05. The molecule has 0 bridgehead atoms. The molecule has 1 aliphatic carbocycles. The van der Waals surface area contributed by atoms with Gasteiger partial charge in [0.25, 0.3) is 0 Å². The third-order valence-electron chi connectivity index (χ3n) is 3.28. The van der Waals surface area contributed by atoms with Crippen molar-refractivity contribution >= 4 is 11.3 Å². The van der Waals surface area contributed by atoms with Crippen LogP contribution in [0.3, 0.4) is 0 Å². The summed E-state index contributed by atoms with van der Waals surface area (Å²) in [6.07, 6.45) is 2.73. The van der Waals surface area contributed by atoms with Gasteiger partial charge in [-0.2, -0.15) is 0 Å². The van der Waals surface area contributed by atoms with Gasteiger partial charge < -0.3 is 10.1 Å². The number of ether oxygens (including phenoxy) is 1. The van der Waals surface area contributed by atoms with Gasteiger partial charge in [-0.15, -0.1) is 11.3 Å². The van der Waals surface area contributed by atoms with E-state index in [9.17, 15) is 0 Å². The van der Waals surface area contributed by atoms with Crippen LogP contribution in [0.2, 0.25) is 0 Å². The first-order valence-electron chi connectivity index (χ1n) is 6.64. The number of hydrogen-bond acceptors (Lipinski definition) is 4. The van der Waals surface area contributed by atoms with E-state index in [0.29, 0.717) is 0 Å². The van der Waals surface area contributed by atoms with Crippen LogP contribution in [0, 0.1) is 12.3 Å². The Bertz CT molecular complexity index is 404. The summed E-state index contributed by atoms with van der Waals surface area (Å²) in [6, 6.07) is 0.746. The summed E-state index contributed by atoms with van der Waals surface area (Å²) in [5.74, 6) is 0. The molecule has 1 unspecified atom stereocenters. The van der Waals surface area contributed by atoms with E-state index in [0.717, 1.165) is 23.3 Å². The van der Waals surface area contributed by atoms with E-state index in [4.69, 9.17) is 9.72 Å². The fourth-order valence-corrected chi connectivity index (χ4v) is 3.42. The van der Waals surface area contributed by atoms with E-state index in [2.05, 4.69) is 33.0 Å². The van der Waals surface area contributed by atoms with E-state index in [1.165, 1.54) is 17.7 Å². The fourth-order valence-electron chi connectivity index (χ4n) is 2.08. The third-order valence-corrected chi connectivity index (χ3v) is 4.49. The van der Waals surface area contributed by atoms with Crippen LogP contribution in [0.1, 0.15) is 55.3 Å². The van der Waals surface area contributed by atoms with Gasteiger partial charge in [-0.05, 0) is 25.2 Å². The molecule has 1 fully saturated rings. The van der Waals surface area contributed by atoms with Crippen molar-refractivity contribution in [3.8, 4) is 0 Å². The molecule has 1 aromatic rings. The predicted octanol–water partition coefficient (Wildman–Crippen LogP) is 3.44. The van der Waals surface area contributed by atoms with Crippen LogP contribution in [0.4, 0.5) is 0 Å². The number of nitrogens with zero attached hydrogens (tertiary/aromatic N) is 1. The molecule has 0 spiro atoms. The molecule has 1 heterocycles. The SMILES string of the molecule is COC(c1nc(C)c(CNC2CC2)s1)C(C)(C)C. The molecule has 1 aromatic heterocycles. The average molecular weight is 268 g/mol. The lowest BCUT2D eigenvalue weighted by atomic mass is 9.89. The summed E-state index contributed by atoms with van der Waals surface area (Å²) >= 11 is 1.79. The molecule has 18 heavy (non-hydrogen) atoms. The van der Waals surface area contributed by atoms with E-state index in [1.807, 2.05) is 0 Å². The predicted molar refractivity (Wildman–Crippen MR) is 75.9 cm³/mol. The van der Waals surface area contributed by atoms with Gasteiger partial charge in [-0.3, -0.25) is 0 Å². The van der Waals surface area contributed by atoms with Crippen LogP contribution in [-0.4, -0.2) is 18.1 Å². The number of aromatic nitrogens is 1. The van der Waals surface area contributed by atoms with Crippen LogP contribution < -0.4 is 5.32 Å². The minimum absolute atomic E-state index is 0.0795. The summed E-state index contributed by atoms with van der Waals surface area (Å²) in [5, 5.41) is 4.66. The maximum atomic E-state index is 5.63. The largest absolute Gasteiger partial charge is 0.374 e. The molecule has 1 N–H and O–H groups in total. The first-order valence-corrected chi connectivity index (χ1v) is 7.46. The van der Waals surface area contributed by atoms with Crippen molar-refractivity contribution in [1.82, 2.24) is 10.3 Å². The van der Waals surface area contributed by atoms with Crippen molar-refractivity contribution in [2.75, 3.05) is 7.11 Å². The smallest absolute Gasteiger partial charge is 0.123 e. The van der Waals surface area contributed by atoms with E-state index in [-0.39, 0.29) is 11.5 Å². The minimum Gasteiger partial charge on any atom is -0.374 e. The van der Waals surface area contributed by atoms with Crippen molar-refractivity contribution in [3.05, 3.63) is 15.6 Å². The number of aryl methyl sites for hydroxylation is 1. The highest BCUT2D eigenvalue weighted by molar-refractivity contribution is 7.11. The summed E-state index contributed by atoms with van der Waals surface area (Å²) in [7, 11) is 1.77. The molecule has 1 aliphatic rings. The van der Waals surface area contributed by atoms with Gasteiger partial charge in [0.15, 0.2) is 0 Å². The molecule has 3 nitrogen and oxygen atoms in total. The Morgan fingerprint density at radius 1 is 1.44 bits per heavy atom. The van der Waals surface area contributed by atoms with Crippen molar-refractivity contribution < 1.29 is 4.74 Å². The van der Waals surface area contributed by atoms with Crippen LogP contribution in [-0.2, 0) is 11.3 Å². The van der Waals surface area contributed by atoms with Gasteiger partial charge in [-0.1, -0.05) is 20.8 Å². The topological polar surface area (TPSA) is 34.1 Å². The normalized spacial score (nSPS) is 18.1. The number of rotatable bonds is 5. The van der Waals surface area contributed by atoms with Gasteiger partial charge in [-0.25, -0.2) is 4.98 Å². The Labute approximate surface area is 114 Å². The Balaban J connectivity index is 2.10. The Morgan fingerprint density at radius 3 is 2.61 bits per heavy atom. The van der Waals surface area contributed by atoms with Crippen molar-refractivity contribution in [1.29, 1.82) is 0 Å². The second kappa shape index (κ2) is 5.27. The van der Waals surface area contributed by atoms with Crippen molar-refractivity contribution in [3.63, 3.8) is 0 Å². The monoisotopic (exact) mass is 268 g/mol. The maximum Gasteiger partial charge on any atom is 0.123 e. The van der Waals surface area contributed by atoms with Crippen molar-refractivity contribution in [2.45, 2.75) is 59.2 Å². The van der Waals surface area contributed by atoms with Gasteiger partial charge in [0.1, 0.15) is 11.1 Å². The van der Waals surface area contributed by atoms with Crippen LogP contribution >= 0.6 is 11.3 Å². The lowest BCUT2D eigenvalue weighted by Crippen LogP contribution is -2.19. The molecule has 0 aromatic carbocycles. The minimum atomic E-state index is 0.0795. The highest BCUT2D eigenvalue weighted by atomic mass is 32.1. The third kappa shape index (κ3) is 3.31. The number of hydrogen-bond donors (Lipinski definition) is 1. The average Bonchev–Trinajstić information content (AvgIpc) is 3.00. The quantitative estimate of drug-likeness (QED) is 0.888. The second-order valence-corrected chi connectivity index (χ2v) is 7.31. The Kier molecular flexibility index (Phi) is 4.09. The molecule has 2 rings (SSSR count). The van der Waals surface area contributed by atoms with Gasteiger partial charge in [0.05, 0.1) is 5.69 Å². The number of nitrogens with one attached hydrogen (secondary N) is 1. The zero-order chi connectivity index (χ0) is 13.3. The molecule has 0 saturated heterocycles. The lowest BCUT2D eigenvalue weighted by molar-refractivity contribution is 0.0150. The summed E-state index contributed by atoms with van der Waals surface area (Å²) in [6.45, 7) is 9.63. The zero-order valence-electron chi connectivity index (χ0n) is 12.0. The van der Waals surface area contributed by atoms with E-state index >= 15 is 0 Å².